The van der Waals surface area contributed by atoms with Crippen LogP contribution in [0.5, 0.6) is 11.5 Å². The molecule has 0 aliphatic heterocycles. The third-order valence-electron chi connectivity index (χ3n) is 2.44. The highest BCUT2D eigenvalue weighted by Crippen LogP contribution is 2.37. The van der Waals surface area contributed by atoms with Crippen molar-refractivity contribution in [2.24, 2.45) is 0 Å². The molecule has 16 heavy (non-hydrogen) atoms. The number of halogens is 1. The molecule has 1 aromatic carbocycles. The molecule has 0 radical (unpaired) electrons. The molecule has 1 N–H and O–H groups in total. The molecule has 0 saturated heterocycles. The van der Waals surface area contributed by atoms with Crippen molar-refractivity contribution in [3.8, 4) is 11.5 Å². The summed E-state index contributed by atoms with van der Waals surface area (Å²) in [5.41, 5.74) is 1.20. The first-order chi connectivity index (χ1) is 7.74. The van der Waals surface area contributed by atoms with Crippen molar-refractivity contribution in [2.45, 2.75) is 12.8 Å². The quantitative estimate of drug-likeness (QED) is 0.816. The standard InChI is InChI=1S/C12H18BrNO2/c1-14-8-4-5-9-6-7-10(15-2)11(13)12(9)16-3/h6-7,14H,4-5,8H2,1-3H3. The smallest absolute Gasteiger partial charge is 0.139 e. The predicted molar refractivity (Wildman–Crippen MR) is 69.5 cm³/mol. The van der Waals surface area contributed by atoms with Crippen LogP contribution in [-0.4, -0.2) is 27.8 Å². The van der Waals surface area contributed by atoms with Crippen molar-refractivity contribution in [3.63, 3.8) is 0 Å². The van der Waals surface area contributed by atoms with E-state index in [4.69, 9.17) is 9.47 Å². The molecule has 0 atom stereocenters. The van der Waals surface area contributed by atoms with Crippen molar-refractivity contribution in [1.29, 1.82) is 0 Å². The largest absolute Gasteiger partial charge is 0.495 e. The Kier molecular flexibility index (Phi) is 5.63. The average Bonchev–Trinajstić information content (AvgIpc) is 2.30. The lowest BCUT2D eigenvalue weighted by Crippen LogP contribution is -2.08. The Balaban J connectivity index is 2.88. The Labute approximate surface area is 105 Å². The van der Waals surface area contributed by atoms with Crippen molar-refractivity contribution in [2.75, 3.05) is 27.8 Å². The molecule has 90 valence electrons. The lowest BCUT2D eigenvalue weighted by atomic mass is 10.1. The summed E-state index contributed by atoms with van der Waals surface area (Å²) in [6.45, 7) is 1.01. The first-order valence-electron chi connectivity index (χ1n) is 5.28. The van der Waals surface area contributed by atoms with E-state index in [9.17, 15) is 0 Å². The van der Waals surface area contributed by atoms with Gasteiger partial charge in [0.2, 0.25) is 0 Å². The zero-order valence-corrected chi connectivity index (χ0v) is 11.6. The highest BCUT2D eigenvalue weighted by Gasteiger charge is 2.11. The van der Waals surface area contributed by atoms with Gasteiger partial charge in [0.1, 0.15) is 16.0 Å². The van der Waals surface area contributed by atoms with Crippen molar-refractivity contribution in [1.82, 2.24) is 5.32 Å². The maximum Gasteiger partial charge on any atom is 0.139 e. The highest BCUT2D eigenvalue weighted by molar-refractivity contribution is 9.10. The minimum absolute atomic E-state index is 0.800. The van der Waals surface area contributed by atoms with Gasteiger partial charge in [0.15, 0.2) is 0 Å². The fourth-order valence-electron chi connectivity index (χ4n) is 1.61. The van der Waals surface area contributed by atoms with Gasteiger partial charge in [-0.25, -0.2) is 0 Å². The van der Waals surface area contributed by atoms with Gasteiger partial charge in [-0.05, 0) is 54.0 Å². The normalized spacial score (nSPS) is 10.2. The van der Waals surface area contributed by atoms with E-state index >= 15 is 0 Å². The van der Waals surface area contributed by atoms with E-state index in [2.05, 4.69) is 27.3 Å². The van der Waals surface area contributed by atoms with Gasteiger partial charge in [0, 0.05) is 0 Å². The maximum absolute atomic E-state index is 5.40. The van der Waals surface area contributed by atoms with E-state index in [1.54, 1.807) is 14.2 Å². The first kappa shape index (κ1) is 13.3. The number of rotatable bonds is 6. The van der Waals surface area contributed by atoms with Crippen molar-refractivity contribution in [3.05, 3.63) is 22.2 Å². The van der Waals surface area contributed by atoms with Crippen LogP contribution in [0.4, 0.5) is 0 Å². The summed E-state index contributed by atoms with van der Waals surface area (Å²) >= 11 is 3.50. The summed E-state index contributed by atoms with van der Waals surface area (Å²) in [7, 11) is 5.29. The van der Waals surface area contributed by atoms with Crippen LogP contribution < -0.4 is 14.8 Å². The molecule has 4 heteroatoms. The van der Waals surface area contributed by atoms with E-state index in [0.29, 0.717) is 0 Å². The molecule has 0 saturated carbocycles. The molecule has 0 spiro atoms. The topological polar surface area (TPSA) is 30.5 Å². The lowest BCUT2D eigenvalue weighted by molar-refractivity contribution is 0.386. The number of benzene rings is 1. The second kappa shape index (κ2) is 6.76. The average molecular weight is 288 g/mol. The summed E-state index contributed by atoms with van der Waals surface area (Å²) < 4.78 is 11.5. The minimum Gasteiger partial charge on any atom is -0.495 e. The molecule has 0 aliphatic rings. The number of nitrogens with one attached hydrogen (secondary N) is 1. The fourth-order valence-corrected chi connectivity index (χ4v) is 2.32. The predicted octanol–water partition coefficient (Wildman–Crippen LogP) is 2.62. The van der Waals surface area contributed by atoms with Gasteiger partial charge < -0.3 is 14.8 Å². The molecule has 0 aliphatic carbocycles. The molecule has 0 fully saturated rings. The number of ether oxygens (including phenoxy) is 2. The molecule has 0 heterocycles. The van der Waals surface area contributed by atoms with Crippen LogP contribution in [-0.2, 0) is 6.42 Å². The zero-order chi connectivity index (χ0) is 12.0. The summed E-state index contributed by atoms with van der Waals surface area (Å²) in [5, 5.41) is 3.14. The van der Waals surface area contributed by atoms with E-state index < -0.39 is 0 Å². The van der Waals surface area contributed by atoms with Gasteiger partial charge in [-0.1, -0.05) is 6.07 Å². The van der Waals surface area contributed by atoms with Gasteiger partial charge in [-0.15, -0.1) is 0 Å². The molecule has 3 nitrogen and oxygen atoms in total. The summed E-state index contributed by atoms with van der Waals surface area (Å²) in [4.78, 5) is 0. The molecule has 0 amide bonds. The van der Waals surface area contributed by atoms with Crippen LogP contribution in [0.2, 0.25) is 0 Å². The van der Waals surface area contributed by atoms with E-state index in [-0.39, 0.29) is 0 Å². The number of hydrogen-bond donors (Lipinski definition) is 1. The number of methoxy groups -OCH3 is 2. The molecular weight excluding hydrogens is 270 g/mol. The molecule has 0 aromatic heterocycles. The van der Waals surface area contributed by atoms with Crippen LogP contribution in [0.15, 0.2) is 16.6 Å². The molecule has 0 bridgehead atoms. The van der Waals surface area contributed by atoms with Crippen LogP contribution in [0, 0.1) is 0 Å². The van der Waals surface area contributed by atoms with Crippen molar-refractivity contribution < 1.29 is 9.47 Å². The Bertz CT molecular complexity index is 342. The highest BCUT2D eigenvalue weighted by atomic mass is 79.9. The Morgan fingerprint density at radius 1 is 1.25 bits per heavy atom. The third-order valence-corrected chi connectivity index (χ3v) is 3.19. The van der Waals surface area contributed by atoms with Gasteiger partial charge in [0.25, 0.3) is 0 Å². The Morgan fingerprint density at radius 2 is 2.00 bits per heavy atom. The summed E-state index contributed by atoms with van der Waals surface area (Å²) in [6, 6.07) is 4.01. The summed E-state index contributed by atoms with van der Waals surface area (Å²) in [6.07, 6.45) is 2.08. The van der Waals surface area contributed by atoms with Crippen LogP contribution >= 0.6 is 15.9 Å². The SMILES string of the molecule is CNCCCc1ccc(OC)c(Br)c1OC. The van der Waals surface area contributed by atoms with E-state index in [1.807, 2.05) is 13.1 Å². The zero-order valence-electron chi connectivity index (χ0n) is 9.97. The van der Waals surface area contributed by atoms with E-state index in [1.165, 1.54) is 5.56 Å². The van der Waals surface area contributed by atoms with Gasteiger partial charge in [0.05, 0.1) is 14.2 Å². The van der Waals surface area contributed by atoms with E-state index in [0.717, 1.165) is 35.4 Å². The minimum atomic E-state index is 0.800. The second-order valence-corrected chi connectivity index (χ2v) is 4.27. The molecular formula is C12H18BrNO2. The van der Waals surface area contributed by atoms with Gasteiger partial charge >= 0.3 is 0 Å². The first-order valence-corrected chi connectivity index (χ1v) is 6.07. The van der Waals surface area contributed by atoms with Crippen LogP contribution in [0.3, 0.4) is 0 Å². The van der Waals surface area contributed by atoms with Gasteiger partial charge in [-0.3, -0.25) is 0 Å². The number of hydrogen-bond acceptors (Lipinski definition) is 3. The molecule has 1 aromatic rings. The van der Waals surface area contributed by atoms with Crippen LogP contribution in [0.25, 0.3) is 0 Å². The monoisotopic (exact) mass is 287 g/mol. The summed E-state index contributed by atoms with van der Waals surface area (Å²) in [5.74, 6) is 1.67. The molecule has 1 rings (SSSR count). The van der Waals surface area contributed by atoms with Crippen molar-refractivity contribution >= 4 is 15.9 Å². The van der Waals surface area contributed by atoms with Crippen LogP contribution in [0.1, 0.15) is 12.0 Å². The fraction of sp³-hybridized carbons (Fsp3) is 0.500. The molecule has 0 unspecified atom stereocenters. The third kappa shape index (κ3) is 3.12. The Hall–Kier alpha value is -0.740. The maximum atomic E-state index is 5.40. The second-order valence-electron chi connectivity index (χ2n) is 3.48. The lowest BCUT2D eigenvalue weighted by Gasteiger charge is -2.13. The van der Waals surface area contributed by atoms with Gasteiger partial charge in [-0.2, -0.15) is 0 Å². The number of aryl methyl sites for hydroxylation is 1. The Morgan fingerprint density at radius 3 is 2.56 bits per heavy atom.